The lowest BCUT2D eigenvalue weighted by Crippen LogP contribution is -2.49. The fraction of sp³-hybridized carbons (Fsp3) is 0.440. The summed E-state index contributed by atoms with van der Waals surface area (Å²) >= 11 is 2.20. The third-order valence-electron chi connectivity index (χ3n) is 6.81. The van der Waals surface area contributed by atoms with E-state index in [4.69, 9.17) is 0 Å². The standard InChI is InChI=1S/C25H30FIN8O/c1-18-13-23(27)35(30-18)17-24(36)33-11-9-32(10-12-33)22-4-3-20(26)14-21(22)19-15-28-25(29-16-19)34-7-5-31(2)6-8-34/h3-4,13-16H,5-12,17H2,1-2H3. The SMILES string of the molecule is Cc1cc(I)n(CC(=O)N2CCN(c3ccc(F)cc3-c3cnc(N4CCN(C)CC4)nc3)CC2)n1. The maximum atomic E-state index is 14.3. The molecule has 2 aliphatic rings. The van der Waals surface area contributed by atoms with Crippen molar-refractivity contribution in [1.29, 1.82) is 0 Å². The molecule has 2 aromatic heterocycles. The summed E-state index contributed by atoms with van der Waals surface area (Å²) in [4.78, 5) is 30.6. The quantitative estimate of drug-likeness (QED) is 0.415. The van der Waals surface area contributed by atoms with Gasteiger partial charge in [0.05, 0.1) is 9.39 Å². The average molecular weight is 604 g/mol. The largest absolute Gasteiger partial charge is 0.367 e. The van der Waals surface area contributed by atoms with E-state index in [0.29, 0.717) is 32.1 Å². The van der Waals surface area contributed by atoms with Crippen LogP contribution in [0.4, 0.5) is 16.0 Å². The van der Waals surface area contributed by atoms with Crippen LogP contribution in [0.25, 0.3) is 11.1 Å². The first-order valence-electron chi connectivity index (χ1n) is 12.2. The number of aryl methyl sites for hydroxylation is 1. The van der Waals surface area contributed by atoms with Gasteiger partial charge in [-0.2, -0.15) is 5.10 Å². The number of anilines is 2. The van der Waals surface area contributed by atoms with Crippen molar-refractivity contribution in [3.8, 4) is 11.1 Å². The van der Waals surface area contributed by atoms with Crippen LogP contribution in [0.3, 0.4) is 0 Å². The Hall–Kier alpha value is -2.80. The summed E-state index contributed by atoms with van der Waals surface area (Å²) in [6.45, 7) is 8.45. The molecule has 3 aromatic rings. The lowest BCUT2D eigenvalue weighted by molar-refractivity contribution is -0.132. The number of hydrogen-bond donors (Lipinski definition) is 0. The third kappa shape index (κ3) is 5.46. The second kappa shape index (κ2) is 10.7. The smallest absolute Gasteiger partial charge is 0.244 e. The van der Waals surface area contributed by atoms with E-state index in [1.165, 1.54) is 6.07 Å². The van der Waals surface area contributed by atoms with Crippen LogP contribution >= 0.6 is 22.6 Å². The topological polar surface area (TPSA) is 73.6 Å². The van der Waals surface area contributed by atoms with Gasteiger partial charge in [-0.15, -0.1) is 0 Å². The second-order valence-corrected chi connectivity index (χ2v) is 10.5. The predicted molar refractivity (Wildman–Crippen MR) is 146 cm³/mol. The van der Waals surface area contributed by atoms with E-state index in [0.717, 1.165) is 52.4 Å². The third-order valence-corrected chi connectivity index (χ3v) is 7.67. The van der Waals surface area contributed by atoms with Gasteiger partial charge in [-0.1, -0.05) is 0 Å². The average Bonchev–Trinajstić information content (AvgIpc) is 3.20. The Morgan fingerprint density at radius 2 is 1.64 bits per heavy atom. The van der Waals surface area contributed by atoms with Crippen molar-refractivity contribution in [2.75, 3.05) is 69.2 Å². The Labute approximate surface area is 224 Å². The second-order valence-electron chi connectivity index (χ2n) is 9.36. The normalized spacial score (nSPS) is 17.1. The van der Waals surface area contributed by atoms with Crippen LogP contribution in [-0.2, 0) is 11.3 Å². The molecular weight excluding hydrogens is 574 g/mol. The molecule has 0 unspecified atom stereocenters. The maximum absolute atomic E-state index is 14.3. The summed E-state index contributed by atoms with van der Waals surface area (Å²) in [5.74, 6) is 0.469. The van der Waals surface area contributed by atoms with E-state index < -0.39 is 0 Å². The molecule has 0 saturated carbocycles. The molecule has 0 radical (unpaired) electrons. The molecule has 0 N–H and O–H groups in total. The van der Waals surface area contributed by atoms with Crippen LogP contribution in [0.5, 0.6) is 0 Å². The predicted octanol–water partition coefficient (Wildman–Crippen LogP) is 2.49. The number of amides is 1. The molecule has 2 aliphatic heterocycles. The zero-order chi connectivity index (χ0) is 25.2. The van der Waals surface area contributed by atoms with Crippen LogP contribution in [0.2, 0.25) is 0 Å². The number of rotatable bonds is 5. The summed E-state index contributed by atoms with van der Waals surface area (Å²) in [5.41, 5.74) is 3.38. The fourth-order valence-electron chi connectivity index (χ4n) is 4.69. The van der Waals surface area contributed by atoms with Crippen molar-refractivity contribution >= 4 is 40.1 Å². The summed E-state index contributed by atoms with van der Waals surface area (Å²) in [7, 11) is 2.11. The van der Waals surface area contributed by atoms with Crippen molar-refractivity contribution in [2.24, 2.45) is 0 Å². The van der Waals surface area contributed by atoms with Crippen LogP contribution < -0.4 is 9.80 Å². The van der Waals surface area contributed by atoms with Crippen molar-refractivity contribution in [1.82, 2.24) is 29.5 Å². The number of nitrogens with zero attached hydrogens (tertiary/aromatic N) is 8. The molecule has 4 heterocycles. The highest BCUT2D eigenvalue weighted by Crippen LogP contribution is 2.32. The molecule has 0 atom stereocenters. The number of likely N-dealkylation sites (N-methyl/N-ethyl adjacent to an activating group) is 1. The van der Waals surface area contributed by atoms with Gasteiger partial charge in [-0.05, 0) is 60.8 Å². The van der Waals surface area contributed by atoms with Crippen LogP contribution in [0, 0.1) is 16.4 Å². The highest BCUT2D eigenvalue weighted by atomic mass is 127. The molecule has 0 spiro atoms. The molecule has 11 heteroatoms. The van der Waals surface area contributed by atoms with Crippen LogP contribution in [-0.4, -0.2) is 94.9 Å². The number of carbonyl (C=O) groups is 1. The van der Waals surface area contributed by atoms with Gasteiger partial charge in [0.2, 0.25) is 11.9 Å². The highest BCUT2D eigenvalue weighted by molar-refractivity contribution is 14.1. The summed E-state index contributed by atoms with van der Waals surface area (Å²) in [6, 6.07) is 6.80. The molecule has 0 aliphatic carbocycles. The highest BCUT2D eigenvalue weighted by Gasteiger charge is 2.24. The molecule has 190 valence electrons. The van der Waals surface area contributed by atoms with Gasteiger partial charge in [0.15, 0.2) is 0 Å². The Morgan fingerprint density at radius 3 is 2.28 bits per heavy atom. The van der Waals surface area contributed by atoms with Gasteiger partial charge in [0.1, 0.15) is 12.4 Å². The fourth-order valence-corrected chi connectivity index (χ4v) is 5.42. The first kappa shape index (κ1) is 24.9. The number of benzene rings is 1. The van der Waals surface area contributed by atoms with E-state index in [2.05, 4.69) is 59.4 Å². The zero-order valence-corrected chi connectivity index (χ0v) is 22.7. The summed E-state index contributed by atoms with van der Waals surface area (Å²) < 4.78 is 17.0. The van der Waals surface area contributed by atoms with Crippen LogP contribution in [0.15, 0.2) is 36.7 Å². The van der Waals surface area contributed by atoms with Gasteiger partial charge in [0, 0.05) is 81.6 Å². The van der Waals surface area contributed by atoms with Crippen molar-refractivity contribution in [3.63, 3.8) is 0 Å². The van der Waals surface area contributed by atoms with E-state index in [9.17, 15) is 9.18 Å². The number of piperazine rings is 2. The monoisotopic (exact) mass is 604 g/mol. The summed E-state index contributed by atoms with van der Waals surface area (Å²) in [6.07, 6.45) is 3.57. The Kier molecular flexibility index (Phi) is 7.37. The number of halogens is 2. The minimum atomic E-state index is -0.296. The number of hydrogen-bond acceptors (Lipinski definition) is 7. The molecular formula is C25H30FIN8O. The van der Waals surface area contributed by atoms with E-state index >= 15 is 0 Å². The molecule has 0 bridgehead atoms. The minimum absolute atomic E-state index is 0.0582. The minimum Gasteiger partial charge on any atom is -0.367 e. The molecule has 9 nitrogen and oxygen atoms in total. The van der Waals surface area contributed by atoms with Gasteiger partial charge in [-0.25, -0.2) is 19.0 Å². The Morgan fingerprint density at radius 1 is 0.972 bits per heavy atom. The van der Waals surface area contributed by atoms with Crippen molar-refractivity contribution < 1.29 is 9.18 Å². The van der Waals surface area contributed by atoms with Gasteiger partial charge >= 0.3 is 0 Å². The van der Waals surface area contributed by atoms with E-state index in [-0.39, 0.29) is 18.3 Å². The van der Waals surface area contributed by atoms with Crippen LogP contribution in [0.1, 0.15) is 5.69 Å². The van der Waals surface area contributed by atoms with E-state index in [1.807, 2.05) is 24.0 Å². The molecule has 2 saturated heterocycles. The van der Waals surface area contributed by atoms with Gasteiger partial charge in [-0.3, -0.25) is 4.79 Å². The lowest BCUT2D eigenvalue weighted by Gasteiger charge is -2.37. The molecule has 1 amide bonds. The molecule has 1 aromatic carbocycles. The number of carbonyl (C=O) groups excluding carboxylic acids is 1. The first-order chi connectivity index (χ1) is 17.4. The van der Waals surface area contributed by atoms with E-state index in [1.54, 1.807) is 23.1 Å². The molecule has 36 heavy (non-hydrogen) atoms. The molecule has 2 fully saturated rings. The first-order valence-corrected chi connectivity index (χ1v) is 13.2. The maximum Gasteiger partial charge on any atom is 0.244 e. The van der Waals surface area contributed by atoms with Crippen molar-refractivity contribution in [2.45, 2.75) is 13.5 Å². The summed E-state index contributed by atoms with van der Waals surface area (Å²) in [5, 5.41) is 4.40. The Balaban J connectivity index is 1.27. The Bertz CT molecular complexity index is 1220. The van der Waals surface area contributed by atoms with Crippen molar-refractivity contribution in [3.05, 3.63) is 51.9 Å². The lowest BCUT2D eigenvalue weighted by atomic mass is 10.0. The zero-order valence-electron chi connectivity index (χ0n) is 20.6. The molecule has 5 rings (SSSR count). The van der Waals surface area contributed by atoms with Gasteiger partial charge < -0.3 is 19.6 Å². The number of aromatic nitrogens is 4. The van der Waals surface area contributed by atoms with Gasteiger partial charge in [0.25, 0.3) is 0 Å².